The van der Waals surface area contributed by atoms with Gasteiger partial charge in [-0.25, -0.2) is 0 Å². The number of carbonyl (C=O) groups is 1. The van der Waals surface area contributed by atoms with Crippen LogP contribution >= 0.6 is 27.3 Å². The summed E-state index contributed by atoms with van der Waals surface area (Å²) in [4.78, 5) is 12.9. The van der Waals surface area contributed by atoms with Crippen LogP contribution in [0.3, 0.4) is 0 Å². The van der Waals surface area contributed by atoms with Gasteiger partial charge in [0.1, 0.15) is 0 Å². The van der Waals surface area contributed by atoms with Crippen molar-refractivity contribution in [3.8, 4) is 0 Å². The van der Waals surface area contributed by atoms with Gasteiger partial charge in [-0.3, -0.25) is 4.79 Å². The number of aryl methyl sites for hydroxylation is 1. The fraction of sp³-hybridized carbons (Fsp3) is 0.545. The van der Waals surface area contributed by atoms with Crippen LogP contribution in [0.4, 0.5) is 0 Å². The Bertz CT molecular complexity index is 359. The van der Waals surface area contributed by atoms with Gasteiger partial charge in [-0.1, -0.05) is 6.92 Å². The first-order chi connectivity index (χ1) is 7.40. The summed E-state index contributed by atoms with van der Waals surface area (Å²) in [6.45, 7) is 3.95. The molecule has 0 bridgehead atoms. The monoisotopic (exact) mass is 305 g/mol. The van der Waals surface area contributed by atoms with Crippen LogP contribution in [-0.2, 0) is 4.79 Å². The molecule has 0 spiro atoms. The van der Waals surface area contributed by atoms with Gasteiger partial charge in [-0.15, -0.1) is 11.3 Å². The average Bonchev–Trinajstić information content (AvgIpc) is 2.45. The van der Waals surface area contributed by atoms with E-state index in [1.165, 1.54) is 4.88 Å². The molecule has 1 heterocycles. The number of rotatable bonds is 5. The number of aliphatic carboxylic acids is 1. The van der Waals surface area contributed by atoms with E-state index < -0.39 is 5.97 Å². The zero-order valence-electron chi connectivity index (χ0n) is 9.37. The van der Waals surface area contributed by atoms with Crippen LogP contribution in [-0.4, -0.2) is 11.1 Å². The molecule has 1 aromatic heterocycles. The maximum Gasteiger partial charge on any atom is 0.303 e. The predicted octanol–water partition coefficient (Wildman–Crippen LogP) is 3.32. The SMILES string of the molecule is Cc1sc(C(N)CC(C)CC(=O)O)cc1Br. The van der Waals surface area contributed by atoms with E-state index in [4.69, 9.17) is 10.8 Å². The third-order valence-corrected chi connectivity index (χ3v) is 4.69. The molecule has 3 nitrogen and oxygen atoms in total. The topological polar surface area (TPSA) is 63.3 Å². The van der Waals surface area contributed by atoms with E-state index in [1.807, 2.05) is 19.9 Å². The van der Waals surface area contributed by atoms with Gasteiger partial charge in [0, 0.05) is 26.7 Å². The Kier molecular flexibility index (Phi) is 4.95. The molecule has 0 saturated heterocycles. The maximum atomic E-state index is 10.5. The second kappa shape index (κ2) is 5.80. The number of hydrogen-bond donors (Lipinski definition) is 2. The summed E-state index contributed by atoms with van der Waals surface area (Å²) in [5.74, 6) is -0.656. The number of nitrogens with two attached hydrogens (primary N) is 1. The molecule has 0 aliphatic heterocycles. The summed E-state index contributed by atoms with van der Waals surface area (Å²) in [6, 6.07) is 1.96. The first-order valence-electron chi connectivity index (χ1n) is 5.13. The highest BCUT2D eigenvalue weighted by Gasteiger charge is 2.16. The van der Waals surface area contributed by atoms with Crippen molar-refractivity contribution in [2.24, 2.45) is 11.7 Å². The average molecular weight is 306 g/mol. The van der Waals surface area contributed by atoms with Gasteiger partial charge in [0.15, 0.2) is 0 Å². The number of halogens is 1. The summed E-state index contributed by atoms with van der Waals surface area (Å²) in [5, 5.41) is 8.67. The van der Waals surface area contributed by atoms with Gasteiger partial charge in [-0.2, -0.15) is 0 Å². The van der Waals surface area contributed by atoms with E-state index in [9.17, 15) is 4.79 Å². The Morgan fingerprint density at radius 3 is 2.75 bits per heavy atom. The highest BCUT2D eigenvalue weighted by molar-refractivity contribution is 9.10. The number of carboxylic acid groups (broad SMARTS) is 1. The summed E-state index contributed by atoms with van der Waals surface area (Å²) in [5.41, 5.74) is 6.05. The minimum absolute atomic E-state index is 0.0654. The zero-order valence-corrected chi connectivity index (χ0v) is 11.8. The van der Waals surface area contributed by atoms with Crippen LogP contribution in [0.15, 0.2) is 10.5 Å². The Labute approximate surface area is 108 Å². The zero-order chi connectivity index (χ0) is 12.3. The molecule has 5 heteroatoms. The number of thiophene rings is 1. The largest absolute Gasteiger partial charge is 0.481 e. The lowest BCUT2D eigenvalue weighted by Gasteiger charge is -2.14. The fourth-order valence-corrected chi connectivity index (χ4v) is 3.17. The molecule has 0 fully saturated rings. The molecule has 0 saturated carbocycles. The van der Waals surface area contributed by atoms with Crippen molar-refractivity contribution in [2.45, 2.75) is 32.7 Å². The lowest BCUT2D eigenvalue weighted by atomic mass is 9.98. The van der Waals surface area contributed by atoms with Crippen molar-refractivity contribution < 1.29 is 9.90 Å². The summed E-state index contributed by atoms with van der Waals surface area (Å²) in [7, 11) is 0. The quantitative estimate of drug-likeness (QED) is 0.877. The molecule has 2 atom stereocenters. The molecule has 0 aliphatic rings. The lowest BCUT2D eigenvalue weighted by molar-refractivity contribution is -0.138. The van der Waals surface area contributed by atoms with Gasteiger partial charge in [0.2, 0.25) is 0 Å². The number of carboxylic acids is 1. The summed E-state index contributed by atoms with van der Waals surface area (Å²) in [6.07, 6.45) is 0.887. The molecular formula is C11H16BrNO2S. The van der Waals surface area contributed by atoms with Crippen molar-refractivity contribution in [1.82, 2.24) is 0 Å². The maximum absolute atomic E-state index is 10.5. The van der Waals surface area contributed by atoms with Crippen molar-refractivity contribution in [3.63, 3.8) is 0 Å². The molecule has 0 aliphatic carbocycles. The molecule has 1 rings (SSSR count). The van der Waals surface area contributed by atoms with Crippen LogP contribution in [0.2, 0.25) is 0 Å². The fourth-order valence-electron chi connectivity index (χ4n) is 1.60. The highest BCUT2D eigenvalue weighted by atomic mass is 79.9. The van der Waals surface area contributed by atoms with Crippen LogP contribution in [0.25, 0.3) is 0 Å². The van der Waals surface area contributed by atoms with Gasteiger partial charge in [0.05, 0.1) is 0 Å². The molecule has 90 valence electrons. The Balaban J connectivity index is 2.58. The van der Waals surface area contributed by atoms with Crippen molar-refractivity contribution >= 4 is 33.2 Å². The molecule has 3 N–H and O–H groups in total. The second-order valence-corrected chi connectivity index (χ2v) is 6.24. The molecule has 0 amide bonds. The van der Waals surface area contributed by atoms with Crippen LogP contribution in [0, 0.1) is 12.8 Å². The summed E-state index contributed by atoms with van der Waals surface area (Å²) < 4.78 is 1.08. The Morgan fingerprint density at radius 2 is 2.31 bits per heavy atom. The van der Waals surface area contributed by atoms with Crippen molar-refractivity contribution in [1.29, 1.82) is 0 Å². The second-order valence-electron chi connectivity index (χ2n) is 4.10. The van der Waals surface area contributed by atoms with Crippen molar-refractivity contribution in [2.75, 3.05) is 0 Å². The van der Waals surface area contributed by atoms with Gasteiger partial charge in [0.25, 0.3) is 0 Å². The normalized spacial score (nSPS) is 14.8. The van der Waals surface area contributed by atoms with E-state index >= 15 is 0 Å². The first kappa shape index (κ1) is 13.7. The van der Waals surface area contributed by atoms with Gasteiger partial charge < -0.3 is 10.8 Å². The molecule has 16 heavy (non-hydrogen) atoms. The number of hydrogen-bond acceptors (Lipinski definition) is 3. The molecule has 0 radical (unpaired) electrons. The van der Waals surface area contributed by atoms with E-state index in [0.717, 1.165) is 9.35 Å². The van der Waals surface area contributed by atoms with Gasteiger partial charge >= 0.3 is 5.97 Å². The van der Waals surface area contributed by atoms with E-state index in [-0.39, 0.29) is 18.4 Å². The molecule has 2 unspecified atom stereocenters. The molecular weight excluding hydrogens is 290 g/mol. The van der Waals surface area contributed by atoms with Crippen LogP contribution < -0.4 is 5.73 Å². The third-order valence-electron chi connectivity index (χ3n) is 2.42. The van der Waals surface area contributed by atoms with Crippen molar-refractivity contribution in [3.05, 3.63) is 20.3 Å². The molecule has 0 aromatic carbocycles. The first-order valence-corrected chi connectivity index (χ1v) is 6.74. The smallest absolute Gasteiger partial charge is 0.303 e. The van der Waals surface area contributed by atoms with E-state index in [0.29, 0.717) is 6.42 Å². The van der Waals surface area contributed by atoms with E-state index in [1.54, 1.807) is 11.3 Å². The van der Waals surface area contributed by atoms with E-state index in [2.05, 4.69) is 15.9 Å². The Hall–Kier alpha value is -0.390. The summed E-state index contributed by atoms with van der Waals surface area (Å²) >= 11 is 5.12. The minimum Gasteiger partial charge on any atom is -0.481 e. The lowest BCUT2D eigenvalue weighted by Crippen LogP contribution is -2.15. The standard InChI is InChI=1S/C11H16BrNO2S/c1-6(4-11(14)15)3-9(13)10-5-8(12)7(2)16-10/h5-6,9H,3-4,13H2,1-2H3,(H,14,15). The minimum atomic E-state index is -0.761. The Morgan fingerprint density at radius 1 is 1.69 bits per heavy atom. The van der Waals surface area contributed by atoms with Gasteiger partial charge in [-0.05, 0) is 41.3 Å². The predicted molar refractivity (Wildman–Crippen MR) is 69.7 cm³/mol. The third kappa shape index (κ3) is 3.88. The van der Waals surface area contributed by atoms with Crippen LogP contribution in [0.1, 0.15) is 35.6 Å². The highest BCUT2D eigenvalue weighted by Crippen LogP contribution is 2.32. The molecule has 1 aromatic rings. The van der Waals surface area contributed by atoms with Crippen LogP contribution in [0.5, 0.6) is 0 Å².